The van der Waals surface area contributed by atoms with Crippen LogP contribution in [-0.4, -0.2) is 64.3 Å². The maximum Gasteiger partial charge on any atom is 0.211 e. The number of rotatable bonds is 8. The summed E-state index contributed by atoms with van der Waals surface area (Å²) in [5, 5.41) is 6.52. The second-order valence-electron chi connectivity index (χ2n) is 6.91. The van der Waals surface area contributed by atoms with Gasteiger partial charge in [0.05, 0.1) is 12.8 Å². The molecular formula is C19H33IN4O3S. The van der Waals surface area contributed by atoms with E-state index >= 15 is 0 Å². The highest BCUT2D eigenvalue weighted by atomic mass is 127. The molecule has 1 aromatic rings. The Kier molecular flexibility index (Phi) is 11.1. The molecule has 0 spiro atoms. The zero-order valence-corrected chi connectivity index (χ0v) is 20.1. The third-order valence-electron chi connectivity index (χ3n) is 4.58. The molecule has 0 radical (unpaired) electrons. The van der Waals surface area contributed by atoms with E-state index in [1.807, 2.05) is 31.2 Å². The number of piperidine rings is 1. The lowest BCUT2D eigenvalue weighted by atomic mass is 9.98. The average Bonchev–Trinajstić information content (AvgIpc) is 2.64. The maximum atomic E-state index is 11.6. The highest BCUT2D eigenvalue weighted by Crippen LogP contribution is 2.19. The monoisotopic (exact) mass is 524 g/mol. The minimum atomic E-state index is -3.07. The molecule has 2 rings (SSSR count). The van der Waals surface area contributed by atoms with Gasteiger partial charge in [-0.05, 0) is 44.7 Å². The molecule has 1 saturated heterocycles. The molecule has 0 amide bonds. The molecule has 9 heteroatoms. The van der Waals surface area contributed by atoms with Gasteiger partial charge >= 0.3 is 0 Å². The molecule has 1 aromatic carbocycles. The number of nitrogens with one attached hydrogen (secondary N) is 2. The summed E-state index contributed by atoms with van der Waals surface area (Å²) in [4.78, 5) is 4.65. The van der Waals surface area contributed by atoms with E-state index in [0.717, 1.165) is 31.1 Å². The molecule has 0 bridgehead atoms. The minimum absolute atomic E-state index is 0. The SMILES string of the molecule is CCNC(=NCC1CCN(S(C)(=O)=O)CC1)NCCOc1ccc(C)cc1.I. The molecule has 2 N–H and O–H groups in total. The molecule has 0 atom stereocenters. The van der Waals surface area contributed by atoms with Gasteiger partial charge in [0.15, 0.2) is 5.96 Å². The van der Waals surface area contributed by atoms with Gasteiger partial charge in [-0.25, -0.2) is 12.7 Å². The zero-order valence-electron chi connectivity index (χ0n) is 17.0. The third-order valence-corrected chi connectivity index (χ3v) is 5.88. The quantitative estimate of drug-likeness (QED) is 0.236. The average molecular weight is 524 g/mol. The lowest BCUT2D eigenvalue weighted by molar-refractivity contribution is 0.280. The first-order valence-corrected chi connectivity index (χ1v) is 11.4. The van der Waals surface area contributed by atoms with Crippen LogP contribution in [-0.2, 0) is 10.0 Å². The third kappa shape index (κ3) is 8.95. The summed E-state index contributed by atoms with van der Waals surface area (Å²) in [6.07, 6.45) is 2.98. The zero-order chi connectivity index (χ0) is 19.7. The summed E-state index contributed by atoms with van der Waals surface area (Å²) in [5.74, 6) is 2.06. The van der Waals surface area contributed by atoms with Crippen molar-refractivity contribution in [1.29, 1.82) is 0 Å². The van der Waals surface area contributed by atoms with Crippen LogP contribution in [0, 0.1) is 12.8 Å². The van der Waals surface area contributed by atoms with E-state index in [-0.39, 0.29) is 24.0 Å². The number of benzene rings is 1. The van der Waals surface area contributed by atoms with E-state index in [4.69, 9.17) is 4.74 Å². The molecule has 7 nitrogen and oxygen atoms in total. The first-order valence-electron chi connectivity index (χ1n) is 9.55. The smallest absolute Gasteiger partial charge is 0.211 e. The molecular weight excluding hydrogens is 491 g/mol. The van der Waals surface area contributed by atoms with E-state index < -0.39 is 10.0 Å². The van der Waals surface area contributed by atoms with Crippen molar-refractivity contribution in [3.05, 3.63) is 29.8 Å². The molecule has 1 fully saturated rings. The van der Waals surface area contributed by atoms with Crippen LogP contribution >= 0.6 is 24.0 Å². The minimum Gasteiger partial charge on any atom is -0.492 e. The number of aryl methyl sites for hydroxylation is 1. The van der Waals surface area contributed by atoms with Crippen LogP contribution in [0.2, 0.25) is 0 Å². The summed E-state index contributed by atoms with van der Waals surface area (Å²) < 4.78 is 30.4. The van der Waals surface area contributed by atoms with Crippen LogP contribution < -0.4 is 15.4 Å². The number of sulfonamides is 1. The largest absolute Gasteiger partial charge is 0.492 e. The lowest BCUT2D eigenvalue weighted by Crippen LogP contribution is -2.41. The van der Waals surface area contributed by atoms with Gasteiger partial charge < -0.3 is 15.4 Å². The number of aliphatic imine (C=N–C) groups is 1. The van der Waals surface area contributed by atoms with Crippen LogP contribution in [0.15, 0.2) is 29.3 Å². The Morgan fingerprint density at radius 3 is 2.43 bits per heavy atom. The number of nitrogens with zero attached hydrogens (tertiary/aromatic N) is 2. The van der Waals surface area contributed by atoms with Crippen molar-refractivity contribution in [3.8, 4) is 5.75 Å². The molecule has 1 aliphatic rings. The highest BCUT2D eigenvalue weighted by Gasteiger charge is 2.24. The van der Waals surface area contributed by atoms with Gasteiger partial charge in [-0.15, -0.1) is 24.0 Å². The van der Waals surface area contributed by atoms with Gasteiger partial charge in [-0.1, -0.05) is 17.7 Å². The molecule has 0 saturated carbocycles. The number of hydrogen-bond acceptors (Lipinski definition) is 4. The molecule has 1 heterocycles. The fourth-order valence-electron chi connectivity index (χ4n) is 2.96. The van der Waals surface area contributed by atoms with E-state index in [2.05, 4.69) is 22.5 Å². The summed E-state index contributed by atoms with van der Waals surface area (Å²) in [5.41, 5.74) is 1.21. The Morgan fingerprint density at radius 2 is 1.86 bits per heavy atom. The predicted molar refractivity (Wildman–Crippen MR) is 125 cm³/mol. The van der Waals surface area contributed by atoms with Crippen molar-refractivity contribution in [2.45, 2.75) is 26.7 Å². The lowest BCUT2D eigenvalue weighted by Gasteiger charge is -2.29. The van der Waals surface area contributed by atoms with Crippen molar-refractivity contribution >= 4 is 40.0 Å². The first-order chi connectivity index (χ1) is 12.9. The van der Waals surface area contributed by atoms with Gasteiger partial charge in [0.2, 0.25) is 10.0 Å². The summed E-state index contributed by atoms with van der Waals surface area (Å²) in [6, 6.07) is 8.00. The Morgan fingerprint density at radius 1 is 1.21 bits per heavy atom. The number of halogens is 1. The fourth-order valence-corrected chi connectivity index (χ4v) is 3.83. The molecule has 160 valence electrons. The van der Waals surface area contributed by atoms with Gasteiger partial charge in [0.25, 0.3) is 0 Å². The normalized spacial score (nSPS) is 16.3. The predicted octanol–water partition coefficient (Wildman–Crippen LogP) is 2.22. The number of ether oxygens (including phenoxy) is 1. The summed E-state index contributed by atoms with van der Waals surface area (Å²) in [6.45, 7) is 7.97. The Hall–Kier alpha value is -1.07. The van der Waals surface area contributed by atoms with Crippen molar-refractivity contribution in [3.63, 3.8) is 0 Å². The summed E-state index contributed by atoms with van der Waals surface area (Å²) in [7, 11) is -3.07. The van der Waals surface area contributed by atoms with Crippen molar-refractivity contribution in [2.75, 3.05) is 45.6 Å². The maximum absolute atomic E-state index is 11.6. The van der Waals surface area contributed by atoms with Crippen molar-refractivity contribution in [1.82, 2.24) is 14.9 Å². The second-order valence-corrected chi connectivity index (χ2v) is 8.90. The van der Waals surface area contributed by atoms with E-state index in [1.54, 1.807) is 4.31 Å². The van der Waals surface area contributed by atoms with Gasteiger partial charge in [0, 0.05) is 26.2 Å². The molecule has 0 aromatic heterocycles. The van der Waals surface area contributed by atoms with Gasteiger partial charge in [-0.3, -0.25) is 4.99 Å². The Balaban J connectivity index is 0.00000392. The van der Waals surface area contributed by atoms with E-state index in [0.29, 0.717) is 38.7 Å². The van der Waals surface area contributed by atoms with Gasteiger partial charge in [0.1, 0.15) is 12.4 Å². The standard InChI is InChI=1S/C19H32N4O3S.HI/c1-4-20-19(21-11-14-26-18-7-5-16(2)6-8-18)22-15-17-9-12-23(13-10-17)27(3,24)25;/h5-8,17H,4,9-15H2,1-3H3,(H2,20,21,22);1H. The van der Waals surface area contributed by atoms with Crippen LogP contribution in [0.25, 0.3) is 0 Å². The van der Waals surface area contributed by atoms with Crippen molar-refractivity contribution < 1.29 is 13.2 Å². The van der Waals surface area contributed by atoms with Crippen molar-refractivity contribution in [2.24, 2.45) is 10.9 Å². The topological polar surface area (TPSA) is 83.0 Å². The Bertz CT molecular complexity index is 702. The summed E-state index contributed by atoms with van der Waals surface area (Å²) >= 11 is 0. The second kappa shape index (κ2) is 12.5. The van der Waals surface area contributed by atoms with Crippen LogP contribution in [0.4, 0.5) is 0 Å². The van der Waals surface area contributed by atoms with Gasteiger partial charge in [-0.2, -0.15) is 0 Å². The molecule has 1 aliphatic heterocycles. The first kappa shape index (κ1) is 25.0. The van der Waals surface area contributed by atoms with Crippen LogP contribution in [0.1, 0.15) is 25.3 Å². The Labute approximate surface area is 186 Å². The number of hydrogen-bond donors (Lipinski definition) is 2. The highest BCUT2D eigenvalue weighted by molar-refractivity contribution is 14.0. The van der Waals surface area contributed by atoms with E-state index in [9.17, 15) is 8.42 Å². The molecule has 0 unspecified atom stereocenters. The fraction of sp³-hybridized carbons (Fsp3) is 0.632. The molecule has 0 aliphatic carbocycles. The van der Waals surface area contributed by atoms with Crippen LogP contribution in [0.5, 0.6) is 5.75 Å². The number of guanidine groups is 1. The van der Waals surface area contributed by atoms with E-state index in [1.165, 1.54) is 11.8 Å². The van der Waals surface area contributed by atoms with Crippen LogP contribution in [0.3, 0.4) is 0 Å². The molecule has 28 heavy (non-hydrogen) atoms.